The van der Waals surface area contributed by atoms with Crippen molar-refractivity contribution in [2.75, 3.05) is 19.6 Å². The number of hydrogen-bond donors (Lipinski definition) is 1. The van der Waals surface area contributed by atoms with E-state index in [4.69, 9.17) is 11.0 Å². The van der Waals surface area contributed by atoms with Crippen molar-refractivity contribution in [3.05, 3.63) is 0 Å². The Morgan fingerprint density at radius 2 is 2.29 bits per heavy atom. The zero-order valence-corrected chi connectivity index (χ0v) is 8.87. The SMILES string of the molecule is CC1CC(CN)CN1CC1(C#N)CC1. The van der Waals surface area contributed by atoms with Crippen LogP contribution in [0, 0.1) is 22.7 Å². The molecule has 3 nitrogen and oxygen atoms in total. The minimum absolute atomic E-state index is 0.0117. The smallest absolute Gasteiger partial charge is 0.0703 e. The van der Waals surface area contributed by atoms with Gasteiger partial charge in [-0.05, 0) is 38.6 Å². The van der Waals surface area contributed by atoms with E-state index < -0.39 is 0 Å². The first-order valence-corrected chi connectivity index (χ1v) is 5.54. The Morgan fingerprint density at radius 3 is 2.71 bits per heavy atom. The number of hydrogen-bond acceptors (Lipinski definition) is 3. The van der Waals surface area contributed by atoms with Crippen molar-refractivity contribution in [3.8, 4) is 6.07 Å². The molecule has 0 radical (unpaired) electrons. The summed E-state index contributed by atoms with van der Waals surface area (Å²) in [5.74, 6) is 0.652. The zero-order valence-electron chi connectivity index (χ0n) is 8.87. The van der Waals surface area contributed by atoms with Crippen molar-refractivity contribution in [3.63, 3.8) is 0 Å². The van der Waals surface area contributed by atoms with Gasteiger partial charge in [0.2, 0.25) is 0 Å². The molecule has 2 fully saturated rings. The van der Waals surface area contributed by atoms with Crippen molar-refractivity contribution >= 4 is 0 Å². The summed E-state index contributed by atoms with van der Waals surface area (Å²) < 4.78 is 0. The molecular formula is C11H19N3. The topological polar surface area (TPSA) is 53.0 Å². The van der Waals surface area contributed by atoms with Crippen LogP contribution in [0.4, 0.5) is 0 Å². The second-order valence-corrected chi connectivity index (χ2v) is 5.01. The lowest BCUT2D eigenvalue weighted by molar-refractivity contribution is 0.233. The lowest BCUT2D eigenvalue weighted by atomic mass is 10.1. The Hall–Kier alpha value is -0.590. The molecule has 0 bridgehead atoms. The fraction of sp³-hybridized carbons (Fsp3) is 0.909. The predicted molar refractivity (Wildman–Crippen MR) is 55.5 cm³/mol. The molecule has 1 aliphatic heterocycles. The molecule has 2 atom stereocenters. The van der Waals surface area contributed by atoms with Gasteiger partial charge < -0.3 is 5.73 Å². The number of nitrogens with two attached hydrogens (primary N) is 1. The van der Waals surface area contributed by atoms with Gasteiger partial charge in [0.25, 0.3) is 0 Å². The molecule has 1 heterocycles. The molecule has 0 aromatic rings. The molecule has 3 heteroatoms. The van der Waals surface area contributed by atoms with Crippen LogP contribution in [-0.2, 0) is 0 Å². The van der Waals surface area contributed by atoms with E-state index in [2.05, 4.69) is 17.9 Å². The second kappa shape index (κ2) is 3.52. The van der Waals surface area contributed by atoms with Crippen LogP contribution >= 0.6 is 0 Å². The zero-order chi connectivity index (χ0) is 10.2. The van der Waals surface area contributed by atoms with Crippen molar-refractivity contribution in [2.24, 2.45) is 17.1 Å². The maximum Gasteiger partial charge on any atom is 0.0703 e. The average Bonchev–Trinajstić information content (AvgIpc) is 2.87. The molecule has 1 aliphatic carbocycles. The lowest BCUT2D eigenvalue weighted by Crippen LogP contribution is -2.33. The Kier molecular flexibility index (Phi) is 2.50. The molecule has 2 aliphatic rings. The first-order valence-electron chi connectivity index (χ1n) is 5.54. The van der Waals surface area contributed by atoms with Gasteiger partial charge in [-0.25, -0.2) is 0 Å². The summed E-state index contributed by atoms with van der Waals surface area (Å²) in [5, 5.41) is 9.02. The van der Waals surface area contributed by atoms with Crippen LogP contribution in [0.5, 0.6) is 0 Å². The van der Waals surface area contributed by atoms with Crippen molar-refractivity contribution in [1.82, 2.24) is 4.90 Å². The van der Waals surface area contributed by atoms with Crippen LogP contribution < -0.4 is 5.73 Å². The van der Waals surface area contributed by atoms with Gasteiger partial charge in [-0.2, -0.15) is 5.26 Å². The fourth-order valence-electron chi connectivity index (χ4n) is 2.45. The minimum Gasteiger partial charge on any atom is -0.330 e. The second-order valence-electron chi connectivity index (χ2n) is 5.01. The monoisotopic (exact) mass is 193 g/mol. The van der Waals surface area contributed by atoms with Crippen molar-refractivity contribution in [2.45, 2.75) is 32.2 Å². The summed E-state index contributed by atoms with van der Waals surface area (Å²) in [5.41, 5.74) is 5.69. The van der Waals surface area contributed by atoms with Crippen LogP contribution in [0.15, 0.2) is 0 Å². The van der Waals surface area contributed by atoms with E-state index in [0.717, 1.165) is 32.5 Å². The first-order chi connectivity index (χ1) is 6.69. The summed E-state index contributed by atoms with van der Waals surface area (Å²) in [7, 11) is 0. The third kappa shape index (κ3) is 1.77. The van der Waals surface area contributed by atoms with Gasteiger partial charge in [0.15, 0.2) is 0 Å². The fourth-order valence-corrected chi connectivity index (χ4v) is 2.45. The van der Waals surface area contributed by atoms with Gasteiger partial charge in [0.05, 0.1) is 11.5 Å². The third-order valence-electron chi connectivity index (χ3n) is 3.72. The van der Waals surface area contributed by atoms with E-state index in [0.29, 0.717) is 12.0 Å². The van der Waals surface area contributed by atoms with E-state index in [-0.39, 0.29) is 5.41 Å². The highest BCUT2D eigenvalue weighted by Gasteiger charge is 2.46. The largest absolute Gasteiger partial charge is 0.330 e. The molecule has 78 valence electrons. The summed E-state index contributed by atoms with van der Waals surface area (Å²) in [4.78, 5) is 2.45. The Labute approximate surface area is 85.9 Å². The maximum atomic E-state index is 9.02. The number of rotatable bonds is 3. The van der Waals surface area contributed by atoms with Gasteiger partial charge in [-0.1, -0.05) is 0 Å². The third-order valence-corrected chi connectivity index (χ3v) is 3.72. The predicted octanol–water partition coefficient (Wildman–Crippen LogP) is 0.959. The van der Waals surface area contributed by atoms with Gasteiger partial charge in [-0.3, -0.25) is 4.90 Å². The van der Waals surface area contributed by atoms with E-state index in [1.54, 1.807) is 0 Å². The molecule has 0 aromatic carbocycles. The van der Waals surface area contributed by atoms with Gasteiger partial charge in [0, 0.05) is 19.1 Å². The van der Waals surface area contributed by atoms with Gasteiger partial charge in [-0.15, -0.1) is 0 Å². The molecule has 0 spiro atoms. The summed E-state index contributed by atoms with van der Waals surface area (Å²) in [6.07, 6.45) is 3.40. The first kappa shape index (κ1) is 9.95. The van der Waals surface area contributed by atoms with E-state index >= 15 is 0 Å². The lowest BCUT2D eigenvalue weighted by Gasteiger charge is -2.23. The summed E-state index contributed by atoms with van der Waals surface area (Å²) >= 11 is 0. The molecule has 2 N–H and O–H groups in total. The highest BCUT2D eigenvalue weighted by Crippen LogP contribution is 2.46. The molecule has 2 rings (SSSR count). The molecule has 14 heavy (non-hydrogen) atoms. The number of nitrogens with zero attached hydrogens (tertiary/aromatic N) is 2. The average molecular weight is 193 g/mol. The van der Waals surface area contributed by atoms with Gasteiger partial charge >= 0.3 is 0 Å². The normalized spacial score (nSPS) is 35.5. The Balaban J connectivity index is 1.90. The molecule has 0 aromatic heterocycles. The van der Waals surface area contributed by atoms with Crippen molar-refractivity contribution in [1.29, 1.82) is 5.26 Å². The molecule has 0 amide bonds. The van der Waals surface area contributed by atoms with E-state index in [9.17, 15) is 0 Å². The molecule has 1 saturated heterocycles. The van der Waals surface area contributed by atoms with Crippen LogP contribution in [0.25, 0.3) is 0 Å². The molecular weight excluding hydrogens is 174 g/mol. The Bertz CT molecular complexity index is 252. The number of likely N-dealkylation sites (tertiary alicyclic amines) is 1. The maximum absolute atomic E-state index is 9.02. The summed E-state index contributed by atoms with van der Waals surface area (Å²) in [6.45, 7) is 5.12. The van der Waals surface area contributed by atoms with Gasteiger partial charge in [0.1, 0.15) is 0 Å². The molecule has 1 saturated carbocycles. The van der Waals surface area contributed by atoms with E-state index in [1.165, 1.54) is 6.42 Å². The highest BCUT2D eigenvalue weighted by molar-refractivity contribution is 5.12. The highest BCUT2D eigenvalue weighted by atomic mass is 15.2. The quantitative estimate of drug-likeness (QED) is 0.726. The van der Waals surface area contributed by atoms with Crippen molar-refractivity contribution < 1.29 is 0 Å². The Morgan fingerprint density at radius 1 is 1.57 bits per heavy atom. The van der Waals surface area contributed by atoms with Crippen LogP contribution in [0.3, 0.4) is 0 Å². The number of nitriles is 1. The standard InChI is InChI=1S/C11H19N3/c1-9-4-10(5-12)6-14(9)8-11(7-13)2-3-11/h9-10H,2-6,8,12H2,1H3. The van der Waals surface area contributed by atoms with Crippen LogP contribution in [-0.4, -0.2) is 30.6 Å². The van der Waals surface area contributed by atoms with Crippen LogP contribution in [0.1, 0.15) is 26.2 Å². The minimum atomic E-state index is 0.0117. The van der Waals surface area contributed by atoms with E-state index in [1.807, 2.05) is 0 Å². The van der Waals surface area contributed by atoms with Crippen LogP contribution in [0.2, 0.25) is 0 Å². The molecule has 2 unspecified atom stereocenters. The summed E-state index contributed by atoms with van der Waals surface area (Å²) in [6, 6.07) is 3.08.